The molecule has 0 aromatic heterocycles. The summed E-state index contributed by atoms with van der Waals surface area (Å²) < 4.78 is 0. The van der Waals surface area contributed by atoms with Gasteiger partial charge in [0.1, 0.15) is 0 Å². The Kier molecular flexibility index (Phi) is 5.25. The van der Waals surface area contributed by atoms with E-state index in [1.807, 2.05) is 4.90 Å². The lowest BCUT2D eigenvalue weighted by atomic mass is 9.82. The molecule has 94 valence electrons. The van der Waals surface area contributed by atoms with E-state index in [4.69, 9.17) is 0 Å². The molecule has 16 heavy (non-hydrogen) atoms. The lowest BCUT2D eigenvalue weighted by molar-refractivity contribution is -0.134. The van der Waals surface area contributed by atoms with Gasteiger partial charge in [0.2, 0.25) is 5.91 Å². The van der Waals surface area contributed by atoms with Crippen LogP contribution in [0.4, 0.5) is 0 Å². The van der Waals surface area contributed by atoms with Gasteiger partial charge < -0.3 is 10.0 Å². The van der Waals surface area contributed by atoms with Crippen LogP contribution in [0, 0.1) is 5.41 Å². The molecule has 1 saturated heterocycles. The molecule has 1 atom stereocenters. The SMILES string of the molecule is CCC(CC)(CO)CN1CCCC(Br)C1=O. The summed E-state index contributed by atoms with van der Waals surface area (Å²) in [5.41, 5.74) is -0.111. The molecule has 1 aliphatic rings. The first-order valence-corrected chi connectivity index (χ1v) is 7.04. The number of hydrogen-bond donors (Lipinski definition) is 1. The maximum Gasteiger partial charge on any atom is 0.236 e. The lowest BCUT2D eigenvalue weighted by Crippen LogP contribution is -2.48. The summed E-state index contributed by atoms with van der Waals surface area (Å²) in [5, 5.41) is 9.51. The topological polar surface area (TPSA) is 40.5 Å². The first kappa shape index (κ1) is 14.0. The third-order valence-electron chi connectivity index (χ3n) is 3.83. The molecular weight excluding hydrogens is 270 g/mol. The largest absolute Gasteiger partial charge is 0.396 e. The van der Waals surface area contributed by atoms with E-state index < -0.39 is 0 Å². The Morgan fingerprint density at radius 3 is 2.62 bits per heavy atom. The van der Waals surface area contributed by atoms with E-state index in [2.05, 4.69) is 29.8 Å². The number of carbonyl (C=O) groups excluding carboxylic acids is 1. The van der Waals surface area contributed by atoms with Crippen LogP contribution >= 0.6 is 15.9 Å². The summed E-state index contributed by atoms with van der Waals surface area (Å²) >= 11 is 3.41. The van der Waals surface area contributed by atoms with E-state index in [-0.39, 0.29) is 22.8 Å². The standard InChI is InChI=1S/C12H22BrNO2/c1-3-12(4-2,9-15)8-14-7-5-6-10(13)11(14)16/h10,15H,3-9H2,1-2H3. The second-order valence-corrected chi connectivity index (χ2v) is 5.84. The minimum atomic E-state index is -0.111. The van der Waals surface area contributed by atoms with Crippen LogP contribution < -0.4 is 0 Å². The van der Waals surface area contributed by atoms with Crippen molar-refractivity contribution in [2.45, 2.75) is 44.4 Å². The summed E-state index contributed by atoms with van der Waals surface area (Å²) in [6.45, 7) is 5.86. The molecule has 0 bridgehead atoms. The average Bonchev–Trinajstić information content (AvgIpc) is 2.32. The van der Waals surface area contributed by atoms with Crippen molar-refractivity contribution in [3.8, 4) is 0 Å². The van der Waals surface area contributed by atoms with Gasteiger partial charge in [0.25, 0.3) is 0 Å². The van der Waals surface area contributed by atoms with Crippen molar-refractivity contribution in [1.29, 1.82) is 0 Å². The molecule has 3 nitrogen and oxygen atoms in total. The first-order chi connectivity index (χ1) is 7.58. The van der Waals surface area contributed by atoms with Gasteiger partial charge in [-0.2, -0.15) is 0 Å². The van der Waals surface area contributed by atoms with Gasteiger partial charge in [-0.05, 0) is 25.7 Å². The van der Waals surface area contributed by atoms with Gasteiger partial charge in [-0.3, -0.25) is 4.79 Å². The van der Waals surface area contributed by atoms with Gasteiger partial charge in [0, 0.05) is 18.5 Å². The van der Waals surface area contributed by atoms with Gasteiger partial charge >= 0.3 is 0 Å². The van der Waals surface area contributed by atoms with Gasteiger partial charge in [-0.25, -0.2) is 0 Å². The molecule has 4 heteroatoms. The number of piperidine rings is 1. The minimum Gasteiger partial charge on any atom is -0.396 e. The minimum absolute atomic E-state index is 0.0219. The monoisotopic (exact) mass is 291 g/mol. The maximum absolute atomic E-state index is 11.9. The second-order valence-electron chi connectivity index (χ2n) is 4.73. The third-order valence-corrected chi connectivity index (χ3v) is 4.68. The Bertz CT molecular complexity index is 233. The fourth-order valence-corrected chi connectivity index (χ4v) is 2.82. The molecule has 0 aromatic rings. The fourth-order valence-electron chi connectivity index (χ4n) is 2.20. The van der Waals surface area contributed by atoms with Gasteiger partial charge in [0.15, 0.2) is 0 Å². The number of aliphatic hydroxyl groups is 1. The van der Waals surface area contributed by atoms with Gasteiger partial charge in [-0.1, -0.05) is 29.8 Å². The molecule has 1 unspecified atom stereocenters. The summed E-state index contributed by atoms with van der Waals surface area (Å²) in [7, 11) is 0. The Balaban J connectivity index is 2.67. The van der Waals surface area contributed by atoms with Crippen LogP contribution in [0.3, 0.4) is 0 Å². The number of nitrogens with zero attached hydrogens (tertiary/aromatic N) is 1. The third kappa shape index (κ3) is 2.98. The highest BCUT2D eigenvalue weighted by atomic mass is 79.9. The molecule has 1 aliphatic heterocycles. The van der Waals surface area contributed by atoms with Crippen LogP contribution in [0.1, 0.15) is 39.5 Å². The average molecular weight is 292 g/mol. The van der Waals surface area contributed by atoms with Crippen molar-refractivity contribution in [2.24, 2.45) is 5.41 Å². The summed E-state index contributed by atoms with van der Waals surface area (Å²) in [5.74, 6) is 0.186. The number of hydrogen-bond acceptors (Lipinski definition) is 2. The second kappa shape index (κ2) is 6.01. The number of alkyl halides is 1. The predicted molar refractivity (Wildman–Crippen MR) is 68.6 cm³/mol. The summed E-state index contributed by atoms with van der Waals surface area (Å²) in [6.07, 6.45) is 3.81. The first-order valence-electron chi connectivity index (χ1n) is 6.12. The molecule has 1 N–H and O–H groups in total. The zero-order valence-electron chi connectivity index (χ0n) is 10.2. The van der Waals surface area contributed by atoms with E-state index in [0.717, 1.165) is 32.2 Å². The van der Waals surface area contributed by atoms with Gasteiger partial charge in [-0.15, -0.1) is 0 Å². The molecule has 0 spiro atoms. The number of rotatable bonds is 5. The summed E-state index contributed by atoms with van der Waals surface area (Å²) in [6, 6.07) is 0. The number of likely N-dealkylation sites (tertiary alicyclic amines) is 1. The highest BCUT2D eigenvalue weighted by Gasteiger charge is 2.33. The molecule has 1 amide bonds. The number of carbonyl (C=O) groups is 1. The quantitative estimate of drug-likeness (QED) is 0.789. The molecule has 0 aromatic carbocycles. The van der Waals surface area contributed by atoms with Crippen LogP contribution in [0.25, 0.3) is 0 Å². The van der Waals surface area contributed by atoms with E-state index >= 15 is 0 Å². The number of halogens is 1. The van der Waals surface area contributed by atoms with Crippen LogP contribution in [-0.2, 0) is 4.79 Å². The van der Waals surface area contributed by atoms with Crippen LogP contribution in [0.2, 0.25) is 0 Å². The normalized spacial score (nSPS) is 22.6. The maximum atomic E-state index is 11.9. The van der Waals surface area contributed by atoms with Crippen LogP contribution in [-0.4, -0.2) is 40.4 Å². The van der Waals surface area contributed by atoms with Crippen molar-refractivity contribution in [3.63, 3.8) is 0 Å². The molecule has 1 fully saturated rings. The Morgan fingerprint density at radius 2 is 2.12 bits per heavy atom. The van der Waals surface area contributed by atoms with Crippen molar-refractivity contribution in [3.05, 3.63) is 0 Å². The molecule has 0 aliphatic carbocycles. The lowest BCUT2D eigenvalue weighted by Gasteiger charge is -2.38. The van der Waals surface area contributed by atoms with E-state index in [1.165, 1.54) is 0 Å². The number of amides is 1. The molecule has 0 saturated carbocycles. The highest BCUT2D eigenvalue weighted by Crippen LogP contribution is 2.29. The van der Waals surface area contributed by atoms with Crippen LogP contribution in [0.15, 0.2) is 0 Å². The van der Waals surface area contributed by atoms with Crippen LogP contribution in [0.5, 0.6) is 0 Å². The van der Waals surface area contributed by atoms with Crippen molar-refractivity contribution in [1.82, 2.24) is 4.90 Å². The van der Waals surface area contributed by atoms with Crippen molar-refractivity contribution < 1.29 is 9.90 Å². The Morgan fingerprint density at radius 1 is 1.50 bits per heavy atom. The molecular formula is C12H22BrNO2. The Labute approximate surface area is 106 Å². The van der Waals surface area contributed by atoms with Gasteiger partial charge in [0.05, 0.1) is 11.4 Å². The predicted octanol–water partition coefficient (Wildman–Crippen LogP) is 2.17. The Hall–Kier alpha value is -0.0900. The van der Waals surface area contributed by atoms with Crippen molar-refractivity contribution >= 4 is 21.8 Å². The summed E-state index contributed by atoms with van der Waals surface area (Å²) in [4.78, 5) is 13.8. The zero-order valence-corrected chi connectivity index (χ0v) is 11.8. The molecule has 0 radical (unpaired) electrons. The molecule has 1 heterocycles. The van der Waals surface area contributed by atoms with Crippen molar-refractivity contribution in [2.75, 3.05) is 19.7 Å². The number of aliphatic hydroxyl groups excluding tert-OH is 1. The zero-order chi connectivity index (χ0) is 12.2. The highest BCUT2D eigenvalue weighted by molar-refractivity contribution is 9.10. The van der Waals surface area contributed by atoms with E-state index in [1.54, 1.807) is 0 Å². The smallest absolute Gasteiger partial charge is 0.236 e. The fraction of sp³-hybridized carbons (Fsp3) is 0.917. The van der Waals surface area contributed by atoms with E-state index in [9.17, 15) is 9.90 Å². The molecule has 1 rings (SSSR count). The van der Waals surface area contributed by atoms with E-state index in [0.29, 0.717) is 6.54 Å².